The summed E-state index contributed by atoms with van der Waals surface area (Å²) in [6, 6.07) is 11.1. The van der Waals surface area contributed by atoms with Crippen molar-refractivity contribution < 1.29 is 12.8 Å². The van der Waals surface area contributed by atoms with Crippen molar-refractivity contribution in [2.75, 3.05) is 4.31 Å². The second-order valence-corrected chi connectivity index (χ2v) is 7.18. The van der Waals surface area contributed by atoms with E-state index in [1.54, 1.807) is 6.92 Å². The molecule has 0 amide bonds. The van der Waals surface area contributed by atoms with Crippen molar-refractivity contribution in [3.8, 4) is 0 Å². The van der Waals surface area contributed by atoms with Crippen LogP contribution in [0.3, 0.4) is 0 Å². The van der Waals surface area contributed by atoms with E-state index in [0.717, 1.165) is 5.56 Å². The number of hydrogen-bond donors (Lipinski definition) is 0. The highest BCUT2D eigenvalue weighted by atomic mass is 32.2. The maximum absolute atomic E-state index is 13.2. The Hall–Kier alpha value is -1.88. The van der Waals surface area contributed by atoms with Gasteiger partial charge >= 0.3 is 0 Å². The number of sulfonamides is 1. The van der Waals surface area contributed by atoms with Crippen LogP contribution in [0.25, 0.3) is 0 Å². The minimum atomic E-state index is -3.68. The maximum Gasteiger partial charge on any atom is 0.264 e. The highest BCUT2D eigenvalue weighted by molar-refractivity contribution is 7.93. The van der Waals surface area contributed by atoms with Gasteiger partial charge in [0.25, 0.3) is 10.0 Å². The third kappa shape index (κ3) is 2.21. The molecule has 0 saturated carbocycles. The first-order valence-corrected chi connectivity index (χ1v) is 8.24. The molecule has 0 bridgehead atoms. The Morgan fingerprint density at radius 2 is 1.90 bits per heavy atom. The Morgan fingerprint density at radius 3 is 2.62 bits per heavy atom. The van der Waals surface area contributed by atoms with Crippen molar-refractivity contribution in [1.82, 2.24) is 0 Å². The van der Waals surface area contributed by atoms with Crippen LogP contribution < -0.4 is 4.31 Å². The maximum atomic E-state index is 13.2. The van der Waals surface area contributed by atoms with Crippen LogP contribution in [0.2, 0.25) is 0 Å². The Morgan fingerprint density at radius 1 is 1.19 bits per heavy atom. The van der Waals surface area contributed by atoms with Crippen LogP contribution in [0.15, 0.2) is 47.4 Å². The molecule has 0 spiro atoms. The first-order chi connectivity index (χ1) is 9.91. The molecule has 1 unspecified atom stereocenters. The van der Waals surface area contributed by atoms with Gasteiger partial charge in [0.1, 0.15) is 5.82 Å². The smallest absolute Gasteiger partial charge is 0.263 e. The molecule has 0 radical (unpaired) electrons. The van der Waals surface area contributed by atoms with Crippen molar-refractivity contribution >= 4 is 15.7 Å². The molecular formula is C16H16FNO2S. The van der Waals surface area contributed by atoms with Crippen molar-refractivity contribution in [2.24, 2.45) is 0 Å². The first-order valence-electron chi connectivity index (χ1n) is 6.80. The summed E-state index contributed by atoms with van der Waals surface area (Å²) in [6.07, 6.45) is 0.690. The fourth-order valence-electron chi connectivity index (χ4n) is 2.91. The molecule has 1 aliphatic heterocycles. The largest absolute Gasteiger partial charge is 0.264 e. The average Bonchev–Trinajstić information content (AvgIpc) is 2.74. The number of hydrogen-bond acceptors (Lipinski definition) is 2. The monoisotopic (exact) mass is 305 g/mol. The second kappa shape index (κ2) is 4.84. The third-order valence-corrected chi connectivity index (χ3v) is 5.91. The van der Waals surface area contributed by atoms with E-state index in [-0.39, 0.29) is 10.9 Å². The van der Waals surface area contributed by atoms with Gasteiger partial charge < -0.3 is 0 Å². The van der Waals surface area contributed by atoms with E-state index < -0.39 is 15.8 Å². The average molecular weight is 305 g/mol. The lowest BCUT2D eigenvalue weighted by Gasteiger charge is -2.25. The molecule has 1 aliphatic rings. The number of anilines is 1. The lowest BCUT2D eigenvalue weighted by atomic mass is 10.1. The van der Waals surface area contributed by atoms with Crippen LogP contribution in [0.5, 0.6) is 0 Å². The third-order valence-electron chi connectivity index (χ3n) is 3.82. The number of nitrogens with zero attached hydrogens (tertiary/aromatic N) is 1. The zero-order valence-corrected chi connectivity index (χ0v) is 12.7. The van der Waals surface area contributed by atoms with E-state index >= 15 is 0 Å². The normalized spacial score (nSPS) is 17.9. The highest BCUT2D eigenvalue weighted by Crippen LogP contribution is 2.37. The molecule has 1 atom stereocenters. The number of benzene rings is 2. The van der Waals surface area contributed by atoms with Gasteiger partial charge in [0.05, 0.1) is 10.6 Å². The number of halogens is 1. The topological polar surface area (TPSA) is 37.4 Å². The van der Waals surface area contributed by atoms with Gasteiger partial charge in [-0.25, -0.2) is 12.8 Å². The van der Waals surface area contributed by atoms with E-state index in [4.69, 9.17) is 0 Å². The zero-order chi connectivity index (χ0) is 15.2. The van der Waals surface area contributed by atoms with Gasteiger partial charge in [-0.15, -0.1) is 0 Å². The van der Waals surface area contributed by atoms with E-state index in [2.05, 4.69) is 0 Å². The molecule has 0 aliphatic carbocycles. The summed E-state index contributed by atoms with van der Waals surface area (Å²) in [5, 5.41) is 0. The standard InChI is InChI=1S/C16H16FNO2S/c1-11-9-14(17)7-8-16(11)21(19,20)18-12(2)10-13-5-3-4-6-15(13)18/h3-9,12H,10H2,1-2H3. The summed E-state index contributed by atoms with van der Waals surface area (Å²) in [4.78, 5) is 0.160. The Kier molecular flexibility index (Phi) is 3.24. The minimum Gasteiger partial charge on any atom is -0.263 e. The minimum absolute atomic E-state index is 0.142. The summed E-state index contributed by atoms with van der Waals surface area (Å²) in [5.41, 5.74) is 2.16. The predicted octanol–water partition coefficient (Wildman–Crippen LogP) is 3.27. The number of fused-ring (bicyclic) bond motifs is 1. The second-order valence-electron chi connectivity index (χ2n) is 5.39. The molecule has 2 aromatic rings. The summed E-state index contributed by atoms with van der Waals surface area (Å²) in [7, 11) is -3.68. The molecule has 2 aromatic carbocycles. The molecule has 0 fully saturated rings. The fraction of sp³-hybridized carbons (Fsp3) is 0.250. The van der Waals surface area contributed by atoms with Gasteiger partial charge in [0, 0.05) is 6.04 Å². The van der Waals surface area contributed by atoms with Gasteiger partial charge in [-0.05, 0) is 55.7 Å². The molecule has 0 N–H and O–H groups in total. The molecule has 1 heterocycles. The van der Waals surface area contributed by atoms with E-state index in [1.807, 2.05) is 31.2 Å². The van der Waals surface area contributed by atoms with Gasteiger partial charge in [0.15, 0.2) is 0 Å². The SMILES string of the molecule is Cc1cc(F)ccc1S(=O)(=O)N1c2ccccc2CC1C. The highest BCUT2D eigenvalue weighted by Gasteiger charge is 2.36. The molecular weight excluding hydrogens is 289 g/mol. The van der Waals surface area contributed by atoms with Crippen LogP contribution in [0.1, 0.15) is 18.1 Å². The van der Waals surface area contributed by atoms with E-state index in [9.17, 15) is 12.8 Å². The van der Waals surface area contributed by atoms with Gasteiger partial charge in [-0.1, -0.05) is 18.2 Å². The molecule has 110 valence electrons. The summed E-state index contributed by atoms with van der Waals surface area (Å²) in [5.74, 6) is -0.429. The predicted molar refractivity (Wildman–Crippen MR) is 80.4 cm³/mol. The fourth-order valence-corrected chi connectivity index (χ4v) is 4.81. The van der Waals surface area contributed by atoms with Crippen molar-refractivity contribution in [3.05, 3.63) is 59.4 Å². The van der Waals surface area contributed by atoms with Crippen molar-refractivity contribution in [3.63, 3.8) is 0 Å². The van der Waals surface area contributed by atoms with Crippen LogP contribution in [0.4, 0.5) is 10.1 Å². The van der Waals surface area contributed by atoms with E-state index in [0.29, 0.717) is 17.7 Å². The Bertz CT molecular complexity index is 802. The molecule has 21 heavy (non-hydrogen) atoms. The van der Waals surface area contributed by atoms with Crippen LogP contribution >= 0.6 is 0 Å². The van der Waals surface area contributed by atoms with Crippen molar-refractivity contribution in [2.45, 2.75) is 31.2 Å². The number of para-hydroxylation sites is 1. The summed E-state index contributed by atoms with van der Waals surface area (Å²) >= 11 is 0. The zero-order valence-electron chi connectivity index (χ0n) is 11.9. The number of aryl methyl sites for hydroxylation is 1. The molecule has 0 aromatic heterocycles. The van der Waals surface area contributed by atoms with Gasteiger partial charge in [0.2, 0.25) is 0 Å². The molecule has 0 saturated heterocycles. The molecule has 5 heteroatoms. The van der Waals surface area contributed by atoms with E-state index in [1.165, 1.54) is 22.5 Å². The van der Waals surface area contributed by atoms with Crippen LogP contribution in [0, 0.1) is 12.7 Å². The summed E-state index contributed by atoms with van der Waals surface area (Å²) in [6.45, 7) is 3.50. The molecule has 3 nitrogen and oxygen atoms in total. The Balaban J connectivity index is 2.15. The van der Waals surface area contributed by atoms with Crippen LogP contribution in [-0.2, 0) is 16.4 Å². The van der Waals surface area contributed by atoms with Gasteiger partial charge in [-0.2, -0.15) is 0 Å². The first kappa shape index (κ1) is 14.1. The molecule has 3 rings (SSSR count). The van der Waals surface area contributed by atoms with Gasteiger partial charge in [-0.3, -0.25) is 4.31 Å². The Labute approximate surface area is 124 Å². The van der Waals surface area contributed by atoms with Crippen LogP contribution in [-0.4, -0.2) is 14.5 Å². The lowest BCUT2D eigenvalue weighted by molar-refractivity contribution is 0.582. The van der Waals surface area contributed by atoms with Crippen molar-refractivity contribution in [1.29, 1.82) is 0 Å². The lowest BCUT2D eigenvalue weighted by Crippen LogP contribution is -2.36. The summed E-state index contributed by atoms with van der Waals surface area (Å²) < 4.78 is 40.6. The number of rotatable bonds is 2. The quantitative estimate of drug-likeness (QED) is 0.854.